The molecule has 76 valence electrons. The Kier molecular flexibility index (Phi) is 1.68. The third-order valence-electron chi connectivity index (χ3n) is 4.14. The lowest BCUT2D eigenvalue weighted by Gasteiger charge is -2.57. The standard InChI is InChI=1S/C13H14N2/c14-10-13(11-4-1-2-7-15-11)8-12(9-13)5-3-6-12/h1-2,4,7H,3,5-6,8-9H2. The van der Waals surface area contributed by atoms with Gasteiger partial charge in [-0.3, -0.25) is 4.98 Å². The fourth-order valence-corrected chi connectivity index (χ4v) is 3.22. The molecule has 0 N–H and O–H groups in total. The third kappa shape index (κ3) is 1.13. The fourth-order valence-electron chi connectivity index (χ4n) is 3.22. The van der Waals surface area contributed by atoms with Gasteiger partial charge in [-0.05, 0) is 43.2 Å². The molecule has 0 aromatic carbocycles. The molecule has 2 saturated carbocycles. The van der Waals surface area contributed by atoms with E-state index in [1.165, 1.54) is 19.3 Å². The molecule has 2 aliphatic carbocycles. The lowest BCUT2D eigenvalue weighted by Crippen LogP contribution is -2.52. The highest BCUT2D eigenvalue weighted by atomic mass is 14.7. The van der Waals surface area contributed by atoms with Crippen LogP contribution in [0.4, 0.5) is 0 Å². The molecule has 0 unspecified atom stereocenters. The average molecular weight is 198 g/mol. The van der Waals surface area contributed by atoms with E-state index < -0.39 is 0 Å². The molecule has 0 aliphatic heterocycles. The lowest BCUT2D eigenvalue weighted by molar-refractivity contribution is -0.0244. The summed E-state index contributed by atoms with van der Waals surface area (Å²) in [5.74, 6) is 0. The molecule has 2 fully saturated rings. The first-order valence-electron chi connectivity index (χ1n) is 5.62. The minimum absolute atomic E-state index is 0.262. The molecule has 2 aliphatic rings. The molecule has 0 bridgehead atoms. The highest BCUT2D eigenvalue weighted by Gasteiger charge is 2.58. The zero-order chi connectivity index (χ0) is 10.4. The van der Waals surface area contributed by atoms with Gasteiger partial charge in [-0.25, -0.2) is 0 Å². The summed E-state index contributed by atoms with van der Waals surface area (Å²) in [6.07, 6.45) is 7.86. The minimum Gasteiger partial charge on any atom is -0.260 e. The van der Waals surface area contributed by atoms with Crippen molar-refractivity contribution in [3.05, 3.63) is 30.1 Å². The van der Waals surface area contributed by atoms with Gasteiger partial charge in [-0.15, -0.1) is 0 Å². The second kappa shape index (κ2) is 2.82. The largest absolute Gasteiger partial charge is 0.260 e. The van der Waals surface area contributed by atoms with Crippen LogP contribution in [0.2, 0.25) is 0 Å². The van der Waals surface area contributed by atoms with Gasteiger partial charge in [0.15, 0.2) is 0 Å². The summed E-state index contributed by atoms with van der Waals surface area (Å²) < 4.78 is 0. The van der Waals surface area contributed by atoms with Crippen LogP contribution in [0, 0.1) is 16.7 Å². The van der Waals surface area contributed by atoms with Gasteiger partial charge in [-0.1, -0.05) is 12.5 Å². The van der Waals surface area contributed by atoms with E-state index in [-0.39, 0.29) is 5.41 Å². The van der Waals surface area contributed by atoms with Gasteiger partial charge in [0, 0.05) is 6.20 Å². The molecule has 0 radical (unpaired) electrons. The first-order valence-corrected chi connectivity index (χ1v) is 5.62. The van der Waals surface area contributed by atoms with Crippen molar-refractivity contribution in [1.82, 2.24) is 4.98 Å². The third-order valence-corrected chi connectivity index (χ3v) is 4.14. The molecule has 2 nitrogen and oxygen atoms in total. The Balaban J connectivity index is 1.88. The molecular weight excluding hydrogens is 184 g/mol. The number of pyridine rings is 1. The Morgan fingerprint density at radius 2 is 2.07 bits per heavy atom. The van der Waals surface area contributed by atoms with Gasteiger partial charge in [0.25, 0.3) is 0 Å². The van der Waals surface area contributed by atoms with E-state index in [4.69, 9.17) is 0 Å². The Labute approximate surface area is 90.0 Å². The molecule has 0 amide bonds. The van der Waals surface area contributed by atoms with Crippen molar-refractivity contribution in [2.24, 2.45) is 5.41 Å². The van der Waals surface area contributed by atoms with Crippen LogP contribution < -0.4 is 0 Å². The van der Waals surface area contributed by atoms with Gasteiger partial charge in [-0.2, -0.15) is 5.26 Å². The molecule has 15 heavy (non-hydrogen) atoms. The van der Waals surface area contributed by atoms with Crippen molar-refractivity contribution in [3.63, 3.8) is 0 Å². The minimum atomic E-state index is -0.262. The van der Waals surface area contributed by atoms with Crippen LogP contribution in [0.1, 0.15) is 37.8 Å². The Bertz CT molecular complexity index is 404. The van der Waals surface area contributed by atoms with Gasteiger partial charge in [0.05, 0.1) is 11.8 Å². The normalized spacial score (nSPS) is 25.0. The molecule has 3 rings (SSSR count). The van der Waals surface area contributed by atoms with E-state index in [0.717, 1.165) is 18.5 Å². The zero-order valence-electron chi connectivity index (χ0n) is 8.74. The molecule has 2 heteroatoms. The van der Waals surface area contributed by atoms with Crippen molar-refractivity contribution in [1.29, 1.82) is 5.26 Å². The maximum Gasteiger partial charge on any atom is 0.100 e. The Hall–Kier alpha value is -1.36. The summed E-state index contributed by atoms with van der Waals surface area (Å²) in [6.45, 7) is 0. The number of aromatic nitrogens is 1. The van der Waals surface area contributed by atoms with Crippen molar-refractivity contribution in [2.75, 3.05) is 0 Å². The molecule has 1 spiro atoms. The number of hydrogen-bond acceptors (Lipinski definition) is 2. The van der Waals surface area contributed by atoms with Gasteiger partial charge < -0.3 is 0 Å². The zero-order valence-corrected chi connectivity index (χ0v) is 8.74. The monoisotopic (exact) mass is 198 g/mol. The molecule has 1 aromatic heterocycles. The van der Waals surface area contributed by atoms with E-state index in [1.807, 2.05) is 18.2 Å². The smallest absolute Gasteiger partial charge is 0.100 e. The van der Waals surface area contributed by atoms with Gasteiger partial charge >= 0.3 is 0 Å². The molecule has 0 saturated heterocycles. The highest BCUT2D eigenvalue weighted by Crippen LogP contribution is 2.64. The number of rotatable bonds is 1. The van der Waals surface area contributed by atoms with E-state index in [1.54, 1.807) is 6.20 Å². The molecular formula is C13H14N2. The SMILES string of the molecule is N#CC1(c2ccccn2)CC2(CCC2)C1. The average Bonchev–Trinajstić information content (AvgIpc) is 2.17. The van der Waals surface area contributed by atoms with Gasteiger partial charge in [0.1, 0.15) is 5.41 Å². The summed E-state index contributed by atoms with van der Waals surface area (Å²) in [5, 5.41) is 9.35. The van der Waals surface area contributed by atoms with Crippen LogP contribution in [-0.2, 0) is 5.41 Å². The maximum absolute atomic E-state index is 9.35. The van der Waals surface area contributed by atoms with E-state index in [2.05, 4.69) is 11.1 Å². The Morgan fingerprint density at radius 1 is 1.27 bits per heavy atom. The maximum atomic E-state index is 9.35. The van der Waals surface area contributed by atoms with Crippen LogP contribution in [0.5, 0.6) is 0 Å². The van der Waals surface area contributed by atoms with Crippen molar-refractivity contribution in [2.45, 2.75) is 37.5 Å². The first kappa shape index (κ1) is 8.91. The lowest BCUT2D eigenvalue weighted by atomic mass is 9.45. The van der Waals surface area contributed by atoms with Crippen LogP contribution in [0.25, 0.3) is 0 Å². The second-order valence-corrected chi connectivity index (χ2v) is 5.12. The van der Waals surface area contributed by atoms with Crippen LogP contribution in [0.3, 0.4) is 0 Å². The summed E-state index contributed by atoms with van der Waals surface area (Å²) >= 11 is 0. The molecule has 1 heterocycles. The van der Waals surface area contributed by atoms with Crippen molar-refractivity contribution >= 4 is 0 Å². The van der Waals surface area contributed by atoms with Crippen molar-refractivity contribution < 1.29 is 0 Å². The van der Waals surface area contributed by atoms with Crippen LogP contribution in [0.15, 0.2) is 24.4 Å². The summed E-state index contributed by atoms with van der Waals surface area (Å²) in [7, 11) is 0. The molecule has 1 aromatic rings. The predicted octanol–water partition coefficient (Wildman–Crippen LogP) is 2.81. The summed E-state index contributed by atoms with van der Waals surface area (Å²) in [4.78, 5) is 4.35. The summed E-state index contributed by atoms with van der Waals surface area (Å²) in [6, 6.07) is 8.38. The summed E-state index contributed by atoms with van der Waals surface area (Å²) in [5.41, 5.74) is 1.24. The van der Waals surface area contributed by atoms with E-state index in [9.17, 15) is 5.26 Å². The number of nitriles is 1. The first-order chi connectivity index (χ1) is 7.29. The van der Waals surface area contributed by atoms with E-state index >= 15 is 0 Å². The van der Waals surface area contributed by atoms with Crippen LogP contribution in [-0.4, -0.2) is 4.98 Å². The quantitative estimate of drug-likeness (QED) is 0.695. The number of nitrogens with zero attached hydrogens (tertiary/aromatic N) is 2. The highest BCUT2D eigenvalue weighted by molar-refractivity contribution is 5.34. The van der Waals surface area contributed by atoms with Gasteiger partial charge in [0.2, 0.25) is 0 Å². The second-order valence-electron chi connectivity index (χ2n) is 5.12. The van der Waals surface area contributed by atoms with E-state index in [0.29, 0.717) is 5.41 Å². The number of hydrogen-bond donors (Lipinski definition) is 0. The molecule has 0 atom stereocenters. The predicted molar refractivity (Wildman–Crippen MR) is 57.0 cm³/mol. The fraction of sp³-hybridized carbons (Fsp3) is 0.538. The topological polar surface area (TPSA) is 36.7 Å². The Morgan fingerprint density at radius 3 is 2.53 bits per heavy atom. The van der Waals surface area contributed by atoms with Crippen LogP contribution >= 0.6 is 0 Å². The van der Waals surface area contributed by atoms with Crippen molar-refractivity contribution in [3.8, 4) is 6.07 Å².